The first-order valence-corrected chi connectivity index (χ1v) is 13.8. The fraction of sp³-hybridized carbons (Fsp3) is 0.115. The molecule has 0 saturated heterocycles. The minimum absolute atomic E-state index is 0.0649. The summed E-state index contributed by atoms with van der Waals surface area (Å²) in [6.45, 7) is 1.37. The Hall–Kier alpha value is -3.77. The van der Waals surface area contributed by atoms with Crippen LogP contribution in [0.25, 0.3) is 10.1 Å². The second kappa shape index (κ2) is 11.7. The van der Waals surface area contributed by atoms with Crippen molar-refractivity contribution in [2.45, 2.75) is 11.8 Å². The summed E-state index contributed by atoms with van der Waals surface area (Å²) in [4.78, 5) is 25.0. The minimum atomic E-state index is -3.82. The summed E-state index contributed by atoms with van der Waals surface area (Å²) < 4.78 is 38.2. The van der Waals surface area contributed by atoms with E-state index in [2.05, 4.69) is 15.2 Å². The summed E-state index contributed by atoms with van der Waals surface area (Å²) in [5.41, 5.74) is 3.78. The van der Waals surface area contributed by atoms with E-state index in [0.29, 0.717) is 22.1 Å². The Kier molecular flexibility index (Phi) is 8.42. The molecule has 9 nitrogen and oxygen atoms in total. The molecule has 0 aliphatic carbocycles. The molecule has 0 aliphatic rings. The number of carbonyl (C=O) groups excluding carboxylic acids is 2. The van der Waals surface area contributed by atoms with Crippen LogP contribution in [-0.2, 0) is 14.8 Å². The first-order chi connectivity index (χ1) is 18.2. The lowest BCUT2D eigenvalue weighted by Crippen LogP contribution is -2.34. The molecule has 2 N–H and O–H groups in total. The average Bonchev–Trinajstić information content (AvgIpc) is 3.24. The van der Waals surface area contributed by atoms with Crippen LogP contribution in [0.3, 0.4) is 0 Å². The zero-order valence-corrected chi connectivity index (χ0v) is 22.6. The molecule has 12 heteroatoms. The summed E-state index contributed by atoms with van der Waals surface area (Å²) in [6, 6.07) is 18.0. The van der Waals surface area contributed by atoms with Crippen LogP contribution in [0.1, 0.15) is 20.8 Å². The molecule has 196 valence electrons. The van der Waals surface area contributed by atoms with Gasteiger partial charge in [-0.2, -0.15) is 5.10 Å². The number of thiophene rings is 1. The van der Waals surface area contributed by atoms with Gasteiger partial charge in [0.15, 0.2) is 0 Å². The molecule has 1 heterocycles. The van der Waals surface area contributed by atoms with Crippen molar-refractivity contribution in [2.24, 2.45) is 5.10 Å². The molecule has 0 unspecified atom stereocenters. The third-order valence-electron chi connectivity index (χ3n) is 5.27. The minimum Gasteiger partial charge on any atom is -0.497 e. The lowest BCUT2D eigenvalue weighted by atomic mass is 10.2. The fourth-order valence-electron chi connectivity index (χ4n) is 3.26. The van der Waals surface area contributed by atoms with Crippen LogP contribution in [-0.4, -0.2) is 40.2 Å². The van der Waals surface area contributed by atoms with Gasteiger partial charge in [0.2, 0.25) is 10.0 Å². The summed E-state index contributed by atoms with van der Waals surface area (Å²) in [5.74, 6) is -0.266. The highest BCUT2D eigenvalue weighted by molar-refractivity contribution is 7.89. The van der Waals surface area contributed by atoms with Gasteiger partial charge in [-0.3, -0.25) is 4.79 Å². The first-order valence-electron chi connectivity index (χ1n) is 11.1. The van der Waals surface area contributed by atoms with Crippen LogP contribution in [0.2, 0.25) is 5.02 Å². The Balaban J connectivity index is 1.30. The lowest BCUT2D eigenvalue weighted by Gasteiger charge is -2.06. The van der Waals surface area contributed by atoms with E-state index in [1.54, 1.807) is 61.7 Å². The summed E-state index contributed by atoms with van der Waals surface area (Å²) in [6.07, 6.45) is 1.37. The van der Waals surface area contributed by atoms with Gasteiger partial charge in [0.1, 0.15) is 16.4 Å². The number of carbonyl (C=O) groups is 2. The second-order valence-electron chi connectivity index (χ2n) is 8.00. The number of aryl methyl sites for hydroxylation is 1. The number of nitrogens with zero attached hydrogens (tertiary/aromatic N) is 1. The van der Waals surface area contributed by atoms with Crippen LogP contribution >= 0.6 is 22.9 Å². The van der Waals surface area contributed by atoms with Crippen LogP contribution in [0, 0.1) is 6.92 Å². The van der Waals surface area contributed by atoms with Crippen molar-refractivity contribution < 1.29 is 27.5 Å². The van der Waals surface area contributed by atoms with Crippen molar-refractivity contribution in [3.63, 3.8) is 0 Å². The molecule has 0 spiro atoms. The summed E-state index contributed by atoms with van der Waals surface area (Å²) >= 11 is 7.60. The summed E-state index contributed by atoms with van der Waals surface area (Å²) in [5, 5.41) is 4.88. The van der Waals surface area contributed by atoms with Gasteiger partial charge in [-0.05, 0) is 67.1 Å². The number of hydrogen-bond donors (Lipinski definition) is 2. The normalized spacial score (nSPS) is 11.6. The van der Waals surface area contributed by atoms with Crippen LogP contribution in [0.15, 0.2) is 76.7 Å². The van der Waals surface area contributed by atoms with Gasteiger partial charge < -0.3 is 9.47 Å². The number of amides is 1. The highest BCUT2D eigenvalue weighted by Crippen LogP contribution is 2.37. The zero-order chi connectivity index (χ0) is 27.3. The first kappa shape index (κ1) is 27.3. The van der Waals surface area contributed by atoms with E-state index in [9.17, 15) is 18.0 Å². The topological polar surface area (TPSA) is 123 Å². The predicted octanol–water partition coefficient (Wildman–Crippen LogP) is 4.52. The number of esters is 1. The molecule has 4 aromatic rings. The number of methoxy groups -OCH3 is 1. The summed E-state index contributed by atoms with van der Waals surface area (Å²) in [7, 11) is -2.25. The number of hydrogen-bond acceptors (Lipinski definition) is 8. The van der Waals surface area contributed by atoms with E-state index in [-0.39, 0.29) is 9.77 Å². The van der Waals surface area contributed by atoms with Crippen molar-refractivity contribution >= 4 is 61.1 Å². The molecule has 3 aromatic carbocycles. The smallest absolute Gasteiger partial charge is 0.355 e. The van der Waals surface area contributed by atoms with Gasteiger partial charge in [-0.25, -0.2) is 23.4 Å². The number of ether oxygens (including phenoxy) is 2. The number of halogens is 1. The third kappa shape index (κ3) is 6.56. The van der Waals surface area contributed by atoms with E-state index in [1.807, 2.05) is 6.92 Å². The molecule has 1 aromatic heterocycles. The highest BCUT2D eigenvalue weighted by atomic mass is 35.5. The number of hydrazone groups is 1. The standard InChI is InChI=1S/C26H22ClN3O6S2/c1-16-3-10-20(11-4-16)38(33,34)29-15-23(31)30-28-14-17-5-7-18(8-6-17)36-26(32)25-24(27)21-12-9-19(35-2)13-22(21)37-25/h3-14,29H,15H2,1-2H3,(H,30,31)/b28-14-. The predicted molar refractivity (Wildman–Crippen MR) is 147 cm³/mol. The maximum absolute atomic E-state index is 12.7. The number of rotatable bonds is 9. The molecule has 0 saturated carbocycles. The molecule has 38 heavy (non-hydrogen) atoms. The van der Waals surface area contributed by atoms with Crippen molar-refractivity contribution in [3.8, 4) is 11.5 Å². The van der Waals surface area contributed by atoms with Crippen molar-refractivity contribution in [1.29, 1.82) is 0 Å². The van der Waals surface area contributed by atoms with E-state index in [0.717, 1.165) is 15.6 Å². The highest BCUT2D eigenvalue weighted by Gasteiger charge is 2.20. The second-order valence-corrected chi connectivity index (χ2v) is 11.2. The van der Waals surface area contributed by atoms with E-state index in [4.69, 9.17) is 21.1 Å². The van der Waals surface area contributed by atoms with Gasteiger partial charge in [0.05, 0.1) is 29.8 Å². The van der Waals surface area contributed by atoms with Crippen molar-refractivity contribution in [1.82, 2.24) is 10.1 Å². The van der Waals surface area contributed by atoms with Gasteiger partial charge in [0, 0.05) is 10.1 Å². The number of sulfonamides is 1. The fourth-order valence-corrected chi connectivity index (χ4v) is 5.65. The number of fused-ring (bicyclic) bond motifs is 1. The largest absolute Gasteiger partial charge is 0.497 e. The van der Waals surface area contributed by atoms with Crippen LogP contribution in [0.4, 0.5) is 0 Å². The molecule has 4 rings (SSSR count). The van der Waals surface area contributed by atoms with Crippen molar-refractivity contribution in [2.75, 3.05) is 13.7 Å². The quantitative estimate of drug-likeness (QED) is 0.132. The molecule has 1 amide bonds. The lowest BCUT2D eigenvalue weighted by molar-refractivity contribution is -0.119. The SMILES string of the molecule is COc1ccc2c(Cl)c(C(=O)Oc3ccc(/C=N\NC(=O)CNS(=O)(=O)c4ccc(C)cc4)cc3)sc2c1. The zero-order valence-electron chi connectivity index (χ0n) is 20.2. The number of benzene rings is 3. The van der Waals surface area contributed by atoms with Crippen LogP contribution in [0.5, 0.6) is 11.5 Å². The Morgan fingerprint density at radius 3 is 2.39 bits per heavy atom. The average molecular weight is 572 g/mol. The van der Waals surface area contributed by atoms with E-state index in [1.165, 1.54) is 29.7 Å². The molecular weight excluding hydrogens is 550 g/mol. The van der Waals surface area contributed by atoms with Gasteiger partial charge in [0.25, 0.3) is 5.91 Å². The molecule has 0 bridgehead atoms. The number of nitrogens with one attached hydrogen (secondary N) is 2. The third-order valence-corrected chi connectivity index (χ3v) is 8.32. The van der Waals surface area contributed by atoms with E-state index < -0.39 is 28.4 Å². The van der Waals surface area contributed by atoms with Gasteiger partial charge in [-0.1, -0.05) is 29.3 Å². The molecule has 0 aliphatic heterocycles. The maximum atomic E-state index is 12.7. The van der Waals surface area contributed by atoms with Gasteiger partial charge in [-0.15, -0.1) is 11.3 Å². The molecular formula is C26H22ClN3O6S2. The molecule has 0 radical (unpaired) electrons. The Morgan fingerprint density at radius 2 is 1.71 bits per heavy atom. The van der Waals surface area contributed by atoms with Crippen LogP contribution < -0.4 is 19.6 Å². The van der Waals surface area contributed by atoms with Crippen molar-refractivity contribution in [3.05, 3.63) is 87.8 Å². The maximum Gasteiger partial charge on any atom is 0.355 e. The Morgan fingerprint density at radius 1 is 1.03 bits per heavy atom. The molecule has 0 atom stereocenters. The monoisotopic (exact) mass is 571 g/mol. The Bertz CT molecular complexity index is 1620. The van der Waals surface area contributed by atoms with Gasteiger partial charge >= 0.3 is 5.97 Å². The Labute approximate surface area is 228 Å². The van der Waals surface area contributed by atoms with E-state index >= 15 is 0 Å². The molecule has 0 fully saturated rings.